The number of aromatic nitrogens is 4. The molecule has 4 rings (SSSR count). The van der Waals surface area contributed by atoms with Crippen molar-refractivity contribution in [3.63, 3.8) is 0 Å². The first-order valence-corrected chi connectivity index (χ1v) is 12.5. The first-order valence-electron chi connectivity index (χ1n) is 10.9. The van der Waals surface area contributed by atoms with Gasteiger partial charge >= 0.3 is 0 Å². The SMILES string of the molecule is CC(C)Sc1nc(N2CCCC2)c2cnn(CCNC(=O)COc3ccc(Cl)cc3Cl)c2n1. The molecule has 1 saturated heterocycles. The molecule has 0 unspecified atom stereocenters. The van der Waals surface area contributed by atoms with E-state index in [1.807, 2.05) is 10.9 Å². The van der Waals surface area contributed by atoms with Crippen molar-refractivity contribution in [2.24, 2.45) is 0 Å². The smallest absolute Gasteiger partial charge is 0.258 e. The van der Waals surface area contributed by atoms with Gasteiger partial charge in [0.2, 0.25) is 0 Å². The maximum atomic E-state index is 12.2. The lowest BCUT2D eigenvalue weighted by Crippen LogP contribution is -2.31. The Hall–Kier alpha value is -2.23. The maximum Gasteiger partial charge on any atom is 0.258 e. The summed E-state index contributed by atoms with van der Waals surface area (Å²) in [6.07, 6.45) is 4.16. The van der Waals surface area contributed by atoms with Gasteiger partial charge in [-0.2, -0.15) is 5.10 Å². The summed E-state index contributed by atoms with van der Waals surface area (Å²) in [5.41, 5.74) is 0.786. The van der Waals surface area contributed by atoms with Crippen molar-refractivity contribution >= 4 is 57.7 Å². The van der Waals surface area contributed by atoms with Crippen molar-refractivity contribution in [1.82, 2.24) is 25.1 Å². The van der Waals surface area contributed by atoms with Crippen molar-refractivity contribution in [2.45, 2.75) is 43.6 Å². The van der Waals surface area contributed by atoms with Crippen molar-refractivity contribution < 1.29 is 9.53 Å². The first-order chi connectivity index (χ1) is 15.9. The molecular weight excluding hydrogens is 483 g/mol. The number of fused-ring (bicyclic) bond motifs is 1. The number of benzene rings is 1. The fourth-order valence-electron chi connectivity index (χ4n) is 3.61. The molecule has 1 N–H and O–H groups in total. The predicted octanol–water partition coefficient (Wildman–Crippen LogP) is 4.43. The van der Waals surface area contributed by atoms with E-state index in [0.717, 1.165) is 35.1 Å². The molecular formula is C22H26Cl2N6O2S. The van der Waals surface area contributed by atoms with Crippen molar-refractivity contribution in [1.29, 1.82) is 0 Å². The van der Waals surface area contributed by atoms with Crippen molar-refractivity contribution in [3.05, 3.63) is 34.4 Å². The van der Waals surface area contributed by atoms with Crippen LogP contribution in [0, 0.1) is 0 Å². The topological polar surface area (TPSA) is 85.2 Å². The Bertz CT molecular complexity index is 1130. The van der Waals surface area contributed by atoms with Crippen LogP contribution in [-0.4, -0.2) is 57.1 Å². The van der Waals surface area contributed by atoms with Crippen LogP contribution in [0.5, 0.6) is 5.75 Å². The molecule has 0 radical (unpaired) electrons. The number of carbonyl (C=O) groups excluding carboxylic acids is 1. The Labute approximate surface area is 207 Å². The molecule has 0 aliphatic carbocycles. The number of carbonyl (C=O) groups is 1. The molecule has 1 fully saturated rings. The Kier molecular flexibility index (Phi) is 7.82. The zero-order valence-corrected chi connectivity index (χ0v) is 20.9. The molecule has 1 aliphatic rings. The van der Waals surface area contributed by atoms with Gasteiger partial charge in [0.25, 0.3) is 5.91 Å². The van der Waals surface area contributed by atoms with Crippen molar-refractivity contribution in [3.8, 4) is 5.75 Å². The van der Waals surface area contributed by atoms with Gasteiger partial charge in [-0.15, -0.1) is 0 Å². The zero-order chi connectivity index (χ0) is 23.4. The molecule has 3 heterocycles. The van der Waals surface area contributed by atoms with Gasteiger partial charge in [-0.25, -0.2) is 14.6 Å². The minimum Gasteiger partial charge on any atom is -0.482 e. The summed E-state index contributed by atoms with van der Waals surface area (Å²) < 4.78 is 7.30. The zero-order valence-electron chi connectivity index (χ0n) is 18.6. The third kappa shape index (κ3) is 6.02. The van der Waals surface area contributed by atoms with Crippen LogP contribution in [0.15, 0.2) is 29.6 Å². The van der Waals surface area contributed by atoms with Crippen LogP contribution in [0.2, 0.25) is 10.0 Å². The summed E-state index contributed by atoms with van der Waals surface area (Å²) in [5, 5.41) is 10.3. The van der Waals surface area contributed by atoms with E-state index in [4.69, 9.17) is 37.9 Å². The van der Waals surface area contributed by atoms with Crippen LogP contribution >= 0.6 is 35.0 Å². The summed E-state index contributed by atoms with van der Waals surface area (Å²) in [6.45, 7) is 6.98. The van der Waals surface area contributed by atoms with Gasteiger partial charge in [-0.3, -0.25) is 4.79 Å². The lowest BCUT2D eigenvalue weighted by Gasteiger charge is -2.18. The number of hydrogen-bond donors (Lipinski definition) is 1. The third-order valence-electron chi connectivity index (χ3n) is 5.10. The minimum absolute atomic E-state index is 0.141. The van der Waals surface area contributed by atoms with Gasteiger partial charge in [0, 0.05) is 29.9 Å². The largest absolute Gasteiger partial charge is 0.482 e. The predicted molar refractivity (Wildman–Crippen MR) is 133 cm³/mol. The maximum absolute atomic E-state index is 12.2. The van der Waals surface area contributed by atoms with Gasteiger partial charge in [0.1, 0.15) is 11.6 Å². The van der Waals surface area contributed by atoms with Gasteiger partial charge in [-0.05, 0) is 31.0 Å². The third-order valence-corrected chi connectivity index (χ3v) is 6.50. The number of thioether (sulfide) groups is 1. The molecule has 3 aromatic rings. The Morgan fingerprint density at radius 2 is 2.03 bits per heavy atom. The summed E-state index contributed by atoms with van der Waals surface area (Å²) >= 11 is 13.6. The molecule has 0 bridgehead atoms. The molecule has 0 spiro atoms. The Morgan fingerprint density at radius 3 is 2.76 bits per heavy atom. The summed E-state index contributed by atoms with van der Waals surface area (Å²) in [4.78, 5) is 24.1. The second-order valence-electron chi connectivity index (χ2n) is 8.01. The van der Waals surface area contributed by atoms with E-state index in [1.54, 1.807) is 30.0 Å². The minimum atomic E-state index is -0.249. The van der Waals surface area contributed by atoms with Crippen LogP contribution in [0.1, 0.15) is 26.7 Å². The molecule has 33 heavy (non-hydrogen) atoms. The van der Waals surface area contributed by atoms with Gasteiger partial charge < -0.3 is 15.0 Å². The van der Waals surface area contributed by atoms with Crippen LogP contribution in [0.25, 0.3) is 11.0 Å². The molecule has 1 aliphatic heterocycles. The van der Waals surface area contributed by atoms with E-state index in [9.17, 15) is 4.79 Å². The lowest BCUT2D eigenvalue weighted by atomic mass is 10.3. The van der Waals surface area contributed by atoms with E-state index in [-0.39, 0.29) is 12.5 Å². The molecule has 176 valence electrons. The average molecular weight is 509 g/mol. The monoisotopic (exact) mass is 508 g/mol. The molecule has 2 aromatic heterocycles. The summed E-state index contributed by atoms with van der Waals surface area (Å²) in [7, 11) is 0. The number of ether oxygens (including phenoxy) is 1. The highest BCUT2D eigenvalue weighted by Crippen LogP contribution is 2.30. The van der Waals surface area contributed by atoms with E-state index in [0.29, 0.717) is 34.1 Å². The number of amides is 1. The Morgan fingerprint density at radius 1 is 1.24 bits per heavy atom. The first kappa shape index (κ1) is 23.9. The van der Waals surface area contributed by atoms with Gasteiger partial charge in [0.15, 0.2) is 17.4 Å². The number of halogens is 2. The second kappa shape index (κ2) is 10.8. The van der Waals surface area contributed by atoms with Crippen LogP contribution < -0.4 is 15.0 Å². The van der Waals surface area contributed by atoms with Gasteiger partial charge in [0.05, 0.1) is 23.2 Å². The Balaban J connectivity index is 1.40. The summed E-state index contributed by atoms with van der Waals surface area (Å²) in [5.74, 6) is 1.11. The van der Waals surface area contributed by atoms with Crippen LogP contribution in [-0.2, 0) is 11.3 Å². The quantitative estimate of drug-likeness (QED) is 0.338. The normalized spacial score (nSPS) is 13.8. The summed E-state index contributed by atoms with van der Waals surface area (Å²) in [6, 6.07) is 4.87. The molecule has 1 aromatic carbocycles. The van der Waals surface area contributed by atoms with E-state index in [2.05, 4.69) is 29.2 Å². The average Bonchev–Trinajstić information content (AvgIpc) is 3.43. The molecule has 0 saturated carbocycles. The highest BCUT2D eigenvalue weighted by Gasteiger charge is 2.21. The van der Waals surface area contributed by atoms with E-state index in [1.165, 1.54) is 12.8 Å². The molecule has 0 atom stereocenters. The van der Waals surface area contributed by atoms with Crippen molar-refractivity contribution in [2.75, 3.05) is 31.1 Å². The second-order valence-corrected chi connectivity index (χ2v) is 10.4. The molecule has 11 heteroatoms. The highest BCUT2D eigenvalue weighted by atomic mass is 35.5. The molecule has 8 nitrogen and oxygen atoms in total. The number of rotatable bonds is 9. The number of nitrogens with one attached hydrogen (secondary N) is 1. The molecule has 1 amide bonds. The standard InChI is InChI=1S/C22H26Cl2N6O2S/c1-14(2)33-22-27-20(29-8-3-4-9-29)16-12-26-30(21(16)28-22)10-7-25-19(31)13-32-18-6-5-15(23)11-17(18)24/h5-6,11-12,14H,3-4,7-10,13H2,1-2H3,(H,25,31). The van der Waals surface area contributed by atoms with Crippen LogP contribution in [0.3, 0.4) is 0 Å². The lowest BCUT2D eigenvalue weighted by molar-refractivity contribution is -0.123. The van der Waals surface area contributed by atoms with Gasteiger partial charge in [-0.1, -0.05) is 48.8 Å². The fraction of sp³-hybridized carbons (Fsp3) is 0.455. The van der Waals surface area contributed by atoms with Crippen LogP contribution in [0.4, 0.5) is 5.82 Å². The van der Waals surface area contributed by atoms with E-state index >= 15 is 0 Å². The number of anilines is 1. The highest BCUT2D eigenvalue weighted by molar-refractivity contribution is 7.99. The number of nitrogens with zero attached hydrogens (tertiary/aromatic N) is 5. The van der Waals surface area contributed by atoms with E-state index < -0.39 is 0 Å². The fourth-order valence-corrected chi connectivity index (χ4v) is 4.77. The number of hydrogen-bond acceptors (Lipinski definition) is 7.